The molecule has 1 aliphatic heterocycles. The molecule has 1 fully saturated rings. The Morgan fingerprint density at radius 2 is 1.50 bits per heavy atom. The van der Waals surface area contributed by atoms with Crippen molar-refractivity contribution in [1.82, 2.24) is 14.7 Å². The highest BCUT2D eigenvalue weighted by molar-refractivity contribution is 5.83. The van der Waals surface area contributed by atoms with E-state index in [0.29, 0.717) is 19.1 Å². The first-order chi connectivity index (χ1) is 10.8. The lowest BCUT2D eigenvalue weighted by Crippen LogP contribution is -2.56. The van der Waals surface area contributed by atoms with Crippen molar-refractivity contribution in [3.63, 3.8) is 0 Å². The van der Waals surface area contributed by atoms with Crippen LogP contribution in [0.15, 0.2) is 0 Å². The highest BCUT2D eigenvalue weighted by atomic mass is 16.6. The van der Waals surface area contributed by atoms with Crippen molar-refractivity contribution >= 4 is 12.0 Å². The minimum absolute atomic E-state index is 0.0146. The van der Waals surface area contributed by atoms with Gasteiger partial charge in [0.15, 0.2) is 0 Å². The van der Waals surface area contributed by atoms with E-state index in [-0.39, 0.29) is 12.5 Å². The summed E-state index contributed by atoms with van der Waals surface area (Å²) in [6.07, 6.45) is -0.441. The fraction of sp³-hybridized carbons (Fsp3) is 0.889. The Balaban J connectivity index is 2.71. The van der Waals surface area contributed by atoms with Gasteiger partial charge in [-0.2, -0.15) is 0 Å². The molecule has 0 aliphatic carbocycles. The Labute approximate surface area is 147 Å². The molecule has 1 aliphatic rings. The van der Waals surface area contributed by atoms with E-state index in [4.69, 9.17) is 4.74 Å². The lowest BCUT2D eigenvalue weighted by molar-refractivity contribution is -0.135. The average molecular weight is 341 g/mol. The molecule has 0 spiro atoms. The number of hydrogen-bond acceptors (Lipinski definition) is 4. The number of amides is 2. The van der Waals surface area contributed by atoms with Gasteiger partial charge in [-0.15, -0.1) is 0 Å². The van der Waals surface area contributed by atoms with Gasteiger partial charge in [0.05, 0.1) is 0 Å². The lowest BCUT2D eigenvalue weighted by Gasteiger charge is -2.40. The van der Waals surface area contributed by atoms with Crippen molar-refractivity contribution in [2.45, 2.75) is 72.6 Å². The van der Waals surface area contributed by atoms with Gasteiger partial charge in [-0.1, -0.05) is 0 Å². The van der Waals surface area contributed by atoms with Crippen LogP contribution in [-0.2, 0) is 9.53 Å². The van der Waals surface area contributed by atoms with Crippen molar-refractivity contribution in [2.75, 3.05) is 32.7 Å². The quantitative estimate of drug-likeness (QED) is 0.792. The van der Waals surface area contributed by atoms with Gasteiger partial charge in [-0.3, -0.25) is 14.6 Å². The number of carbonyl (C=O) groups excluding carboxylic acids is 2. The molecule has 0 bridgehead atoms. The summed E-state index contributed by atoms with van der Waals surface area (Å²) >= 11 is 0. The van der Waals surface area contributed by atoms with E-state index in [2.05, 4.69) is 18.7 Å². The molecule has 0 saturated carbocycles. The second-order valence-corrected chi connectivity index (χ2v) is 8.75. The topological polar surface area (TPSA) is 53.1 Å². The van der Waals surface area contributed by atoms with Crippen LogP contribution < -0.4 is 0 Å². The summed E-state index contributed by atoms with van der Waals surface area (Å²) in [5.41, 5.74) is -1.05. The van der Waals surface area contributed by atoms with E-state index in [1.807, 2.05) is 46.4 Å². The van der Waals surface area contributed by atoms with Crippen LogP contribution in [0.3, 0.4) is 0 Å². The zero-order valence-electron chi connectivity index (χ0n) is 16.7. The first-order valence-corrected chi connectivity index (χ1v) is 8.83. The van der Waals surface area contributed by atoms with Crippen LogP contribution in [0.25, 0.3) is 0 Å². The minimum atomic E-state index is -0.577. The van der Waals surface area contributed by atoms with Gasteiger partial charge >= 0.3 is 6.09 Å². The van der Waals surface area contributed by atoms with Crippen molar-refractivity contribution in [2.24, 2.45) is 0 Å². The van der Waals surface area contributed by atoms with Crippen LogP contribution >= 0.6 is 0 Å². The zero-order valence-corrected chi connectivity index (χ0v) is 16.7. The number of carbonyl (C=O) groups is 2. The number of rotatable bonds is 3. The van der Waals surface area contributed by atoms with E-state index < -0.39 is 17.2 Å². The normalized spacial score (nSPS) is 17.1. The molecule has 2 amide bonds. The fourth-order valence-corrected chi connectivity index (χ4v) is 2.62. The second-order valence-electron chi connectivity index (χ2n) is 8.75. The third kappa shape index (κ3) is 6.30. The first-order valence-electron chi connectivity index (χ1n) is 8.83. The van der Waals surface area contributed by atoms with Crippen molar-refractivity contribution < 1.29 is 14.3 Å². The highest BCUT2D eigenvalue weighted by Crippen LogP contribution is 2.19. The highest BCUT2D eigenvalue weighted by Gasteiger charge is 2.34. The van der Waals surface area contributed by atoms with E-state index >= 15 is 0 Å². The SMILES string of the molecule is CC(C)N1CCN(C(=O)CN(C(=O)OC(C)(C)C)C(C)(C)C)CC1. The van der Waals surface area contributed by atoms with Crippen LogP contribution in [0, 0.1) is 0 Å². The summed E-state index contributed by atoms with van der Waals surface area (Å²) in [7, 11) is 0. The average Bonchev–Trinajstić information content (AvgIpc) is 2.41. The number of ether oxygens (including phenoxy) is 1. The number of nitrogens with zero attached hydrogens (tertiary/aromatic N) is 3. The molecule has 0 aromatic rings. The van der Waals surface area contributed by atoms with Gasteiger partial charge in [-0.05, 0) is 55.4 Å². The lowest BCUT2D eigenvalue weighted by atomic mass is 10.1. The van der Waals surface area contributed by atoms with Crippen molar-refractivity contribution in [3.8, 4) is 0 Å². The minimum Gasteiger partial charge on any atom is -0.444 e. The molecule has 24 heavy (non-hydrogen) atoms. The summed E-state index contributed by atoms with van der Waals surface area (Å²) in [6.45, 7) is 18.8. The Kier molecular flexibility index (Phi) is 6.67. The van der Waals surface area contributed by atoms with Crippen LogP contribution in [0.2, 0.25) is 0 Å². The second kappa shape index (κ2) is 7.72. The van der Waals surface area contributed by atoms with E-state index in [1.165, 1.54) is 4.90 Å². The molecule has 0 N–H and O–H groups in total. The summed E-state index contributed by atoms with van der Waals surface area (Å²) in [5.74, 6) is -0.0146. The predicted octanol–water partition coefficient (Wildman–Crippen LogP) is 2.57. The third-order valence-corrected chi connectivity index (χ3v) is 4.11. The predicted molar refractivity (Wildman–Crippen MR) is 96.0 cm³/mol. The monoisotopic (exact) mass is 341 g/mol. The molecule has 0 aromatic heterocycles. The summed E-state index contributed by atoms with van der Waals surface area (Å²) in [6, 6.07) is 0.495. The van der Waals surface area contributed by atoms with Gasteiger partial charge in [-0.25, -0.2) is 4.79 Å². The molecule has 1 rings (SSSR count). The molecule has 0 aromatic carbocycles. The molecule has 1 saturated heterocycles. The Hall–Kier alpha value is -1.30. The van der Waals surface area contributed by atoms with Crippen molar-refractivity contribution in [1.29, 1.82) is 0 Å². The maximum atomic E-state index is 12.7. The summed E-state index contributed by atoms with van der Waals surface area (Å²) in [4.78, 5) is 30.9. The Bertz CT molecular complexity index is 441. The molecule has 1 heterocycles. The van der Waals surface area contributed by atoms with Gasteiger partial charge in [0.25, 0.3) is 0 Å². The molecule has 0 radical (unpaired) electrons. The van der Waals surface area contributed by atoms with Gasteiger partial charge in [0.1, 0.15) is 12.1 Å². The smallest absolute Gasteiger partial charge is 0.411 e. The molecule has 0 atom stereocenters. The van der Waals surface area contributed by atoms with E-state index in [1.54, 1.807) is 0 Å². The standard InChI is InChI=1S/C18H35N3O3/c1-14(2)19-9-11-20(12-10-19)15(22)13-21(17(3,4)5)16(23)24-18(6,7)8/h14H,9-13H2,1-8H3. The summed E-state index contributed by atoms with van der Waals surface area (Å²) in [5, 5.41) is 0. The number of hydrogen-bond donors (Lipinski definition) is 0. The molecule has 6 heteroatoms. The van der Waals surface area contributed by atoms with Crippen LogP contribution in [0.1, 0.15) is 55.4 Å². The fourth-order valence-electron chi connectivity index (χ4n) is 2.62. The number of piperazine rings is 1. The Morgan fingerprint density at radius 1 is 1.00 bits per heavy atom. The maximum absolute atomic E-state index is 12.7. The Morgan fingerprint density at radius 3 is 1.88 bits per heavy atom. The zero-order chi connectivity index (χ0) is 18.7. The van der Waals surface area contributed by atoms with Gasteiger partial charge in [0, 0.05) is 37.8 Å². The largest absolute Gasteiger partial charge is 0.444 e. The third-order valence-electron chi connectivity index (χ3n) is 4.11. The summed E-state index contributed by atoms with van der Waals surface area (Å²) < 4.78 is 5.47. The molecule has 0 unspecified atom stereocenters. The molecule has 6 nitrogen and oxygen atoms in total. The molecule has 140 valence electrons. The van der Waals surface area contributed by atoms with Crippen molar-refractivity contribution in [3.05, 3.63) is 0 Å². The van der Waals surface area contributed by atoms with E-state index in [9.17, 15) is 9.59 Å². The van der Waals surface area contributed by atoms with Gasteiger partial charge < -0.3 is 9.64 Å². The first kappa shape index (κ1) is 20.7. The molecular formula is C18H35N3O3. The van der Waals surface area contributed by atoms with E-state index in [0.717, 1.165) is 13.1 Å². The molecular weight excluding hydrogens is 306 g/mol. The maximum Gasteiger partial charge on any atom is 0.411 e. The van der Waals surface area contributed by atoms with Crippen LogP contribution in [0.5, 0.6) is 0 Å². The van der Waals surface area contributed by atoms with Crippen LogP contribution in [-0.4, -0.2) is 76.6 Å². The van der Waals surface area contributed by atoms with Crippen LogP contribution in [0.4, 0.5) is 4.79 Å². The van der Waals surface area contributed by atoms with Gasteiger partial charge in [0.2, 0.25) is 5.91 Å².